The first kappa shape index (κ1) is 19.9. The monoisotopic (exact) mass is 378 g/mol. The Morgan fingerprint density at radius 1 is 1.19 bits per heavy atom. The highest BCUT2D eigenvalue weighted by atomic mass is 32.2. The van der Waals surface area contributed by atoms with Crippen molar-refractivity contribution in [2.24, 2.45) is 0 Å². The van der Waals surface area contributed by atoms with Crippen molar-refractivity contribution in [2.75, 3.05) is 6.26 Å². The zero-order valence-electron chi connectivity index (χ0n) is 14.8. The van der Waals surface area contributed by atoms with Gasteiger partial charge in [0.1, 0.15) is 5.54 Å². The van der Waals surface area contributed by atoms with Gasteiger partial charge in [-0.05, 0) is 44.0 Å². The van der Waals surface area contributed by atoms with Crippen molar-refractivity contribution in [3.8, 4) is 6.07 Å². The second-order valence-corrected chi connectivity index (χ2v) is 8.60. The number of sulfone groups is 1. The van der Waals surface area contributed by atoms with Gasteiger partial charge in [-0.1, -0.05) is 19.3 Å². The van der Waals surface area contributed by atoms with E-state index in [-0.39, 0.29) is 10.5 Å². The van der Waals surface area contributed by atoms with Crippen molar-refractivity contribution in [3.05, 3.63) is 29.8 Å². The molecule has 0 heterocycles. The molecule has 1 fully saturated rings. The molecule has 2 rings (SSSR count). The molecule has 0 aliphatic heterocycles. The summed E-state index contributed by atoms with van der Waals surface area (Å²) < 4.78 is 28.0. The lowest BCUT2D eigenvalue weighted by Gasteiger charge is -2.32. The van der Waals surface area contributed by atoms with E-state index in [0.717, 1.165) is 25.5 Å². The van der Waals surface area contributed by atoms with Gasteiger partial charge in [0.2, 0.25) is 0 Å². The molecule has 8 heteroatoms. The lowest BCUT2D eigenvalue weighted by atomic mass is 9.83. The molecular formula is C18H22N2O5S. The van der Waals surface area contributed by atoms with E-state index in [0.29, 0.717) is 12.8 Å². The summed E-state index contributed by atoms with van der Waals surface area (Å²) in [5.41, 5.74) is -0.752. The maximum atomic E-state index is 12.3. The Bertz CT molecular complexity index is 818. The minimum Gasteiger partial charge on any atom is -0.449 e. The molecule has 140 valence electrons. The molecule has 0 radical (unpaired) electrons. The van der Waals surface area contributed by atoms with E-state index in [1.165, 1.54) is 31.2 Å². The van der Waals surface area contributed by atoms with Crippen LogP contribution in [0.15, 0.2) is 29.2 Å². The van der Waals surface area contributed by atoms with Gasteiger partial charge in [0.05, 0.1) is 16.5 Å². The fourth-order valence-corrected chi connectivity index (χ4v) is 3.51. The van der Waals surface area contributed by atoms with Crippen molar-refractivity contribution in [2.45, 2.75) is 55.6 Å². The standard InChI is InChI=1S/C18H22N2O5S/c1-13(16(21)20-18(12-19)10-4-3-5-11-18)25-17(22)14-6-8-15(9-7-14)26(2,23)24/h6-9,13H,3-5,10-11H2,1-2H3,(H,20,21). The maximum Gasteiger partial charge on any atom is 0.338 e. The average Bonchev–Trinajstić information content (AvgIpc) is 2.61. The summed E-state index contributed by atoms with van der Waals surface area (Å²) >= 11 is 0. The summed E-state index contributed by atoms with van der Waals surface area (Å²) in [5.74, 6) is -1.25. The first-order valence-electron chi connectivity index (χ1n) is 8.41. The zero-order valence-corrected chi connectivity index (χ0v) is 15.6. The van der Waals surface area contributed by atoms with Gasteiger partial charge in [-0.25, -0.2) is 13.2 Å². The van der Waals surface area contributed by atoms with Crippen molar-refractivity contribution < 1.29 is 22.7 Å². The first-order chi connectivity index (χ1) is 12.2. The van der Waals surface area contributed by atoms with Crippen LogP contribution in [0.5, 0.6) is 0 Å². The Kier molecular flexibility index (Phi) is 6.03. The third-order valence-electron chi connectivity index (χ3n) is 4.45. The summed E-state index contributed by atoms with van der Waals surface area (Å²) in [4.78, 5) is 24.5. The smallest absolute Gasteiger partial charge is 0.338 e. The molecule has 1 aliphatic carbocycles. The molecule has 1 atom stereocenters. The molecule has 1 aliphatic rings. The fraction of sp³-hybridized carbons (Fsp3) is 0.500. The molecule has 26 heavy (non-hydrogen) atoms. The third kappa shape index (κ3) is 4.82. The molecule has 1 aromatic rings. The van der Waals surface area contributed by atoms with Crippen LogP contribution in [0, 0.1) is 11.3 Å². The van der Waals surface area contributed by atoms with Crippen LogP contribution in [0.4, 0.5) is 0 Å². The number of hydrogen-bond donors (Lipinski definition) is 1. The summed E-state index contributed by atoms with van der Waals surface area (Å²) in [5, 5.41) is 12.1. The third-order valence-corrected chi connectivity index (χ3v) is 5.58. The van der Waals surface area contributed by atoms with E-state index in [9.17, 15) is 23.3 Å². The molecule has 1 aromatic carbocycles. The van der Waals surface area contributed by atoms with Crippen LogP contribution in [0.25, 0.3) is 0 Å². The van der Waals surface area contributed by atoms with Crippen LogP contribution in [0.2, 0.25) is 0 Å². The maximum absolute atomic E-state index is 12.3. The van der Waals surface area contributed by atoms with E-state index in [1.807, 2.05) is 0 Å². The number of ether oxygens (including phenoxy) is 1. The highest BCUT2D eigenvalue weighted by Gasteiger charge is 2.35. The van der Waals surface area contributed by atoms with Crippen LogP contribution >= 0.6 is 0 Å². The summed E-state index contributed by atoms with van der Waals surface area (Å²) in [6.45, 7) is 1.44. The lowest BCUT2D eigenvalue weighted by molar-refractivity contribution is -0.130. The van der Waals surface area contributed by atoms with Gasteiger partial charge in [0.15, 0.2) is 15.9 Å². The highest BCUT2D eigenvalue weighted by Crippen LogP contribution is 2.27. The zero-order chi connectivity index (χ0) is 19.4. The Balaban J connectivity index is 2.00. The second kappa shape index (κ2) is 7.87. The molecule has 0 bridgehead atoms. The minimum atomic E-state index is -3.35. The molecule has 1 amide bonds. The Hall–Kier alpha value is -2.40. The molecule has 7 nitrogen and oxygen atoms in total. The number of esters is 1. The van der Waals surface area contributed by atoms with Crippen molar-refractivity contribution >= 4 is 21.7 Å². The van der Waals surface area contributed by atoms with E-state index in [2.05, 4.69) is 11.4 Å². The number of rotatable bonds is 5. The number of carbonyl (C=O) groups excluding carboxylic acids is 2. The Morgan fingerprint density at radius 2 is 1.77 bits per heavy atom. The van der Waals surface area contributed by atoms with Crippen molar-refractivity contribution in [1.29, 1.82) is 5.26 Å². The predicted octanol–water partition coefficient (Wildman–Crippen LogP) is 1.98. The molecule has 0 saturated heterocycles. The van der Waals surface area contributed by atoms with Gasteiger partial charge in [-0.3, -0.25) is 4.79 Å². The number of nitrogens with one attached hydrogen (secondary N) is 1. The molecule has 0 spiro atoms. The SMILES string of the molecule is CC(OC(=O)c1ccc(S(C)(=O)=O)cc1)C(=O)NC1(C#N)CCCCC1. The quantitative estimate of drug-likeness (QED) is 0.784. The van der Waals surface area contributed by atoms with E-state index in [4.69, 9.17) is 4.74 Å². The van der Waals surface area contributed by atoms with Gasteiger partial charge < -0.3 is 10.1 Å². The second-order valence-electron chi connectivity index (χ2n) is 6.59. The molecule has 0 aromatic heterocycles. The molecule has 1 unspecified atom stereocenters. The Labute approximate surface area is 153 Å². The van der Waals surface area contributed by atoms with Crippen LogP contribution in [-0.2, 0) is 19.4 Å². The number of hydrogen-bond acceptors (Lipinski definition) is 6. The molecule has 1 N–H and O–H groups in total. The Morgan fingerprint density at radius 3 is 2.27 bits per heavy atom. The summed E-state index contributed by atoms with van der Waals surface area (Å²) in [6, 6.07) is 7.47. The van der Waals surface area contributed by atoms with E-state index in [1.54, 1.807) is 0 Å². The summed E-state index contributed by atoms with van der Waals surface area (Å²) in [6.07, 6.45) is 3.95. The minimum absolute atomic E-state index is 0.0908. The van der Waals surface area contributed by atoms with Crippen molar-refractivity contribution in [3.63, 3.8) is 0 Å². The van der Waals surface area contributed by atoms with E-state index < -0.39 is 33.4 Å². The van der Waals surface area contributed by atoms with Gasteiger partial charge in [0, 0.05) is 6.26 Å². The normalized spacial score (nSPS) is 17.6. The highest BCUT2D eigenvalue weighted by molar-refractivity contribution is 7.90. The van der Waals surface area contributed by atoms with Crippen LogP contribution < -0.4 is 5.32 Å². The fourth-order valence-electron chi connectivity index (χ4n) is 2.88. The van der Waals surface area contributed by atoms with Gasteiger partial charge in [0.25, 0.3) is 5.91 Å². The van der Waals surface area contributed by atoms with Crippen LogP contribution in [0.3, 0.4) is 0 Å². The largest absolute Gasteiger partial charge is 0.449 e. The number of carbonyl (C=O) groups is 2. The van der Waals surface area contributed by atoms with Gasteiger partial charge in [-0.2, -0.15) is 5.26 Å². The molecular weight excluding hydrogens is 356 g/mol. The predicted molar refractivity (Wildman–Crippen MR) is 94.0 cm³/mol. The number of benzene rings is 1. The van der Waals surface area contributed by atoms with Crippen molar-refractivity contribution in [1.82, 2.24) is 5.32 Å². The van der Waals surface area contributed by atoms with Crippen LogP contribution in [-0.4, -0.2) is 38.2 Å². The number of nitrogens with zero attached hydrogens (tertiary/aromatic N) is 1. The van der Waals surface area contributed by atoms with E-state index >= 15 is 0 Å². The van der Waals surface area contributed by atoms with Gasteiger partial charge >= 0.3 is 5.97 Å². The lowest BCUT2D eigenvalue weighted by Crippen LogP contribution is -2.52. The number of nitriles is 1. The molecule has 1 saturated carbocycles. The number of amides is 1. The average molecular weight is 378 g/mol. The topological polar surface area (TPSA) is 113 Å². The summed E-state index contributed by atoms with van der Waals surface area (Å²) in [7, 11) is -3.35. The van der Waals surface area contributed by atoms with Crippen LogP contribution in [0.1, 0.15) is 49.4 Å². The first-order valence-corrected chi connectivity index (χ1v) is 10.3. The van der Waals surface area contributed by atoms with Gasteiger partial charge in [-0.15, -0.1) is 0 Å².